The van der Waals surface area contributed by atoms with E-state index in [0.717, 1.165) is 19.0 Å². The molecular weight excluding hydrogens is 256 g/mol. The first-order chi connectivity index (χ1) is 10.3. The van der Waals surface area contributed by atoms with E-state index in [4.69, 9.17) is 0 Å². The van der Waals surface area contributed by atoms with E-state index < -0.39 is 0 Å². The average molecular weight is 278 g/mol. The van der Waals surface area contributed by atoms with E-state index in [1.54, 1.807) is 0 Å². The van der Waals surface area contributed by atoms with Crippen LogP contribution in [0.3, 0.4) is 0 Å². The molecule has 1 unspecified atom stereocenters. The van der Waals surface area contributed by atoms with E-state index in [9.17, 15) is 0 Å². The lowest BCUT2D eigenvalue weighted by molar-refractivity contribution is 0.684. The van der Waals surface area contributed by atoms with E-state index in [2.05, 4.69) is 47.6 Å². The van der Waals surface area contributed by atoms with Crippen molar-refractivity contribution >= 4 is 0 Å². The second-order valence-corrected chi connectivity index (χ2v) is 6.49. The Kier molecular flexibility index (Phi) is 3.27. The zero-order chi connectivity index (χ0) is 14.2. The van der Waals surface area contributed by atoms with Gasteiger partial charge < -0.3 is 5.32 Å². The molecule has 0 radical (unpaired) electrons. The molecule has 0 amide bonds. The van der Waals surface area contributed by atoms with Crippen LogP contribution in [0, 0.1) is 6.92 Å². The molecule has 1 saturated carbocycles. The van der Waals surface area contributed by atoms with Crippen molar-refractivity contribution in [1.82, 2.24) is 10.3 Å². The van der Waals surface area contributed by atoms with Gasteiger partial charge in [0.05, 0.1) is 5.69 Å². The molecular formula is C19H22N2. The fraction of sp³-hybridized carbons (Fsp3) is 0.421. The van der Waals surface area contributed by atoms with Crippen LogP contribution in [0.1, 0.15) is 53.1 Å². The Hall–Kier alpha value is -1.67. The Labute approximate surface area is 126 Å². The summed E-state index contributed by atoms with van der Waals surface area (Å²) in [6, 6.07) is 12.0. The van der Waals surface area contributed by atoms with E-state index >= 15 is 0 Å². The lowest BCUT2D eigenvalue weighted by Crippen LogP contribution is -2.15. The van der Waals surface area contributed by atoms with Crippen LogP contribution in [0.5, 0.6) is 0 Å². The molecule has 1 aromatic carbocycles. The molecule has 1 atom stereocenters. The topological polar surface area (TPSA) is 24.9 Å². The van der Waals surface area contributed by atoms with Gasteiger partial charge in [-0.05, 0) is 60.9 Å². The number of hydrogen-bond acceptors (Lipinski definition) is 2. The van der Waals surface area contributed by atoms with Gasteiger partial charge in [-0.25, -0.2) is 0 Å². The Morgan fingerprint density at radius 2 is 2.10 bits per heavy atom. The summed E-state index contributed by atoms with van der Waals surface area (Å²) >= 11 is 0. The fourth-order valence-electron chi connectivity index (χ4n) is 3.44. The molecule has 2 aliphatic rings. The summed E-state index contributed by atoms with van der Waals surface area (Å²) in [6.45, 7) is 3.23. The molecule has 2 heteroatoms. The van der Waals surface area contributed by atoms with Crippen LogP contribution < -0.4 is 5.32 Å². The largest absolute Gasteiger partial charge is 0.310 e. The monoisotopic (exact) mass is 278 g/mol. The van der Waals surface area contributed by atoms with Crippen LogP contribution >= 0.6 is 0 Å². The Balaban J connectivity index is 1.63. The number of pyridine rings is 1. The number of nitrogens with one attached hydrogen (secondary N) is 1. The minimum Gasteiger partial charge on any atom is -0.310 e. The number of rotatable bonds is 4. The molecule has 0 saturated heterocycles. The summed E-state index contributed by atoms with van der Waals surface area (Å²) in [4.78, 5) is 4.66. The minimum absolute atomic E-state index is 0.488. The number of hydrogen-bond donors (Lipinski definition) is 1. The maximum absolute atomic E-state index is 4.66. The van der Waals surface area contributed by atoms with Gasteiger partial charge in [0.2, 0.25) is 0 Å². The minimum atomic E-state index is 0.488. The average Bonchev–Trinajstić information content (AvgIpc) is 3.25. The fourth-order valence-corrected chi connectivity index (χ4v) is 3.44. The van der Waals surface area contributed by atoms with Crippen molar-refractivity contribution in [3.63, 3.8) is 0 Å². The third-order valence-electron chi connectivity index (χ3n) is 4.85. The van der Waals surface area contributed by atoms with Crippen LogP contribution in [0.25, 0.3) is 0 Å². The van der Waals surface area contributed by atoms with E-state index in [1.807, 2.05) is 6.20 Å². The van der Waals surface area contributed by atoms with Crippen LogP contribution in [0.2, 0.25) is 0 Å². The van der Waals surface area contributed by atoms with Crippen molar-refractivity contribution in [2.24, 2.45) is 0 Å². The highest BCUT2D eigenvalue weighted by Gasteiger charge is 2.26. The predicted octanol–water partition coefficient (Wildman–Crippen LogP) is 3.72. The van der Waals surface area contributed by atoms with Crippen LogP contribution in [0.15, 0.2) is 36.5 Å². The lowest BCUT2D eigenvalue weighted by Gasteiger charge is -2.16. The molecule has 1 fully saturated rings. The molecule has 0 aliphatic heterocycles. The maximum atomic E-state index is 4.66. The van der Waals surface area contributed by atoms with E-state index in [0.29, 0.717) is 5.92 Å². The first-order valence-electron chi connectivity index (χ1n) is 8.08. The summed E-state index contributed by atoms with van der Waals surface area (Å²) in [6.07, 6.45) is 6.99. The van der Waals surface area contributed by atoms with Crippen molar-refractivity contribution in [3.8, 4) is 0 Å². The van der Waals surface area contributed by atoms with Gasteiger partial charge in [0.25, 0.3) is 0 Å². The Morgan fingerprint density at radius 3 is 2.95 bits per heavy atom. The quantitative estimate of drug-likeness (QED) is 0.922. The third-order valence-corrected chi connectivity index (χ3v) is 4.85. The second kappa shape index (κ2) is 5.27. The van der Waals surface area contributed by atoms with Crippen LogP contribution in [0.4, 0.5) is 0 Å². The molecule has 2 aliphatic carbocycles. The molecule has 1 N–H and O–H groups in total. The number of aromatic nitrogens is 1. The number of aryl methyl sites for hydroxylation is 2. The van der Waals surface area contributed by atoms with E-state index in [-0.39, 0.29) is 0 Å². The van der Waals surface area contributed by atoms with Crippen molar-refractivity contribution in [3.05, 3.63) is 64.5 Å². The van der Waals surface area contributed by atoms with Crippen molar-refractivity contribution in [2.45, 2.75) is 51.1 Å². The molecule has 1 heterocycles. The van der Waals surface area contributed by atoms with Crippen molar-refractivity contribution in [2.75, 3.05) is 0 Å². The highest BCUT2D eigenvalue weighted by atomic mass is 14.9. The standard InChI is InChI=1S/C19H22N2/c1-13-4-5-14(12-21-16-7-8-16)11-18(13)17-9-6-15-3-2-10-20-19(15)17/h2-5,10-11,16-17,21H,6-9,12H2,1H3. The summed E-state index contributed by atoms with van der Waals surface area (Å²) in [5.74, 6) is 0.488. The Bertz CT molecular complexity index is 658. The molecule has 108 valence electrons. The summed E-state index contributed by atoms with van der Waals surface area (Å²) < 4.78 is 0. The van der Waals surface area contributed by atoms with Gasteiger partial charge in [-0.1, -0.05) is 24.3 Å². The van der Waals surface area contributed by atoms with Crippen molar-refractivity contribution < 1.29 is 0 Å². The summed E-state index contributed by atoms with van der Waals surface area (Å²) in [5, 5.41) is 3.61. The molecule has 2 nitrogen and oxygen atoms in total. The number of benzene rings is 1. The molecule has 2 aromatic rings. The normalized spacial score (nSPS) is 20.5. The molecule has 1 aromatic heterocycles. The van der Waals surface area contributed by atoms with Crippen LogP contribution in [-0.4, -0.2) is 11.0 Å². The van der Waals surface area contributed by atoms with Crippen molar-refractivity contribution in [1.29, 1.82) is 0 Å². The smallest absolute Gasteiger partial charge is 0.0510 e. The molecule has 0 spiro atoms. The van der Waals surface area contributed by atoms with Gasteiger partial charge in [-0.3, -0.25) is 4.98 Å². The number of fused-ring (bicyclic) bond motifs is 1. The van der Waals surface area contributed by atoms with Gasteiger partial charge in [-0.2, -0.15) is 0 Å². The maximum Gasteiger partial charge on any atom is 0.0510 e. The highest BCUT2D eigenvalue weighted by molar-refractivity contribution is 5.43. The highest BCUT2D eigenvalue weighted by Crippen LogP contribution is 2.38. The van der Waals surface area contributed by atoms with E-state index in [1.165, 1.54) is 47.2 Å². The zero-order valence-electron chi connectivity index (χ0n) is 12.6. The first-order valence-corrected chi connectivity index (χ1v) is 8.08. The summed E-state index contributed by atoms with van der Waals surface area (Å²) in [5.41, 5.74) is 7.01. The third kappa shape index (κ3) is 2.60. The van der Waals surface area contributed by atoms with Gasteiger partial charge in [-0.15, -0.1) is 0 Å². The van der Waals surface area contributed by atoms with Gasteiger partial charge >= 0.3 is 0 Å². The summed E-state index contributed by atoms with van der Waals surface area (Å²) in [7, 11) is 0. The number of nitrogens with zero attached hydrogens (tertiary/aromatic N) is 1. The lowest BCUT2D eigenvalue weighted by atomic mass is 9.91. The zero-order valence-corrected chi connectivity index (χ0v) is 12.6. The predicted molar refractivity (Wildman–Crippen MR) is 85.4 cm³/mol. The second-order valence-electron chi connectivity index (χ2n) is 6.49. The molecule has 0 bridgehead atoms. The van der Waals surface area contributed by atoms with Gasteiger partial charge in [0.15, 0.2) is 0 Å². The first kappa shape index (κ1) is 13.0. The SMILES string of the molecule is Cc1ccc(CNC2CC2)cc1C1CCc2cccnc21. The van der Waals surface area contributed by atoms with Gasteiger partial charge in [0.1, 0.15) is 0 Å². The van der Waals surface area contributed by atoms with Gasteiger partial charge in [0, 0.05) is 24.7 Å². The Morgan fingerprint density at radius 1 is 1.19 bits per heavy atom. The molecule has 21 heavy (non-hydrogen) atoms. The molecule has 4 rings (SSSR count). The van der Waals surface area contributed by atoms with Crippen LogP contribution in [-0.2, 0) is 13.0 Å².